The molecule has 108 valence electrons. The molecule has 1 unspecified atom stereocenters. The minimum absolute atomic E-state index is 0.591. The normalized spacial score (nSPS) is 13.2. The molecule has 0 radical (unpaired) electrons. The summed E-state index contributed by atoms with van der Waals surface area (Å²) in [5, 5.41) is 0. The number of methoxy groups -OCH3 is 1. The van der Waals surface area contributed by atoms with Crippen LogP contribution in [0.1, 0.15) is 18.9 Å². The Morgan fingerprint density at radius 3 is 2.42 bits per heavy atom. The van der Waals surface area contributed by atoms with Crippen molar-refractivity contribution in [2.24, 2.45) is 0 Å². The minimum atomic E-state index is 0.591. The number of rotatable bonds is 9. The van der Waals surface area contributed by atoms with Crippen molar-refractivity contribution in [3.8, 4) is 0 Å². The highest BCUT2D eigenvalue weighted by molar-refractivity contribution is 5.14. The van der Waals surface area contributed by atoms with Gasteiger partial charge in [0, 0.05) is 26.2 Å². The third-order valence-electron chi connectivity index (χ3n) is 3.62. The van der Waals surface area contributed by atoms with E-state index >= 15 is 0 Å². The Morgan fingerprint density at radius 1 is 1.11 bits per heavy atom. The second kappa shape index (κ2) is 9.08. The van der Waals surface area contributed by atoms with Gasteiger partial charge < -0.3 is 14.5 Å². The Kier molecular flexibility index (Phi) is 7.72. The molecule has 0 saturated heterocycles. The Bertz CT molecular complexity index is 329. The van der Waals surface area contributed by atoms with Gasteiger partial charge in [-0.25, -0.2) is 0 Å². The van der Waals surface area contributed by atoms with Crippen LogP contribution in [0, 0.1) is 0 Å². The predicted molar refractivity (Wildman–Crippen MR) is 81.4 cm³/mol. The van der Waals surface area contributed by atoms with Crippen LogP contribution in [0.15, 0.2) is 30.3 Å². The van der Waals surface area contributed by atoms with Crippen LogP contribution in [0.5, 0.6) is 0 Å². The van der Waals surface area contributed by atoms with E-state index in [-0.39, 0.29) is 0 Å². The summed E-state index contributed by atoms with van der Waals surface area (Å²) in [7, 11) is 6.11. The van der Waals surface area contributed by atoms with E-state index in [1.165, 1.54) is 12.0 Å². The Balaban J connectivity index is 2.24. The van der Waals surface area contributed by atoms with Gasteiger partial charge in [-0.1, -0.05) is 30.3 Å². The van der Waals surface area contributed by atoms with Crippen molar-refractivity contribution in [1.82, 2.24) is 9.80 Å². The molecule has 0 heterocycles. The fraction of sp³-hybridized carbons (Fsp3) is 0.625. The minimum Gasteiger partial charge on any atom is -0.383 e. The van der Waals surface area contributed by atoms with E-state index in [0.717, 1.165) is 26.2 Å². The predicted octanol–water partition coefficient (Wildman–Crippen LogP) is 2.48. The van der Waals surface area contributed by atoms with Gasteiger partial charge in [-0.05, 0) is 39.5 Å². The molecular formula is C16H28N2O. The number of benzene rings is 1. The third kappa shape index (κ3) is 6.71. The number of likely N-dealkylation sites (N-methyl/N-ethyl adjacent to an activating group) is 1. The van der Waals surface area contributed by atoms with Crippen molar-refractivity contribution >= 4 is 0 Å². The lowest BCUT2D eigenvalue weighted by Crippen LogP contribution is -2.34. The van der Waals surface area contributed by atoms with Crippen LogP contribution in [0.4, 0.5) is 0 Å². The zero-order chi connectivity index (χ0) is 14.1. The molecule has 0 N–H and O–H groups in total. The Hall–Kier alpha value is -0.900. The van der Waals surface area contributed by atoms with Crippen molar-refractivity contribution in [2.75, 3.05) is 40.9 Å². The van der Waals surface area contributed by atoms with Gasteiger partial charge in [-0.15, -0.1) is 0 Å². The highest BCUT2D eigenvalue weighted by Gasteiger charge is 2.10. The SMILES string of the molecule is COCCN(C)C(C)CCN(C)Cc1ccccc1. The molecule has 1 rings (SSSR count). The Labute approximate surface area is 118 Å². The standard InChI is InChI=1S/C16H28N2O/c1-15(18(3)12-13-19-4)10-11-17(2)14-16-8-6-5-7-9-16/h5-9,15H,10-14H2,1-4H3. The van der Waals surface area contributed by atoms with Gasteiger partial charge in [0.1, 0.15) is 0 Å². The summed E-state index contributed by atoms with van der Waals surface area (Å²) in [5.41, 5.74) is 1.38. The van der Waals surface area contributed by atoms with Crippen molar-refractivity contribution < 1.29 is 4.74 Å². The molecule has 3 nitrogen and oxygen atoms in total. The van der Waals surface area contributed by atoms with Crippen LogP contribution >= 0.6 is 0 Å². The first-order valence-corrected chi connectivity index (χ1v) is 7.05. The first kappa shape index (κ1) is 16.2. The van der Waals surface area contributed by atoms with Crippen LogP contribution in [0.2, 0.25) is 0 Å². The first-order chi connectivity index (χ1) is 9.13. The van der Waals surface area contributed by atoms with Gasteiger partial charge in [0.05, 0.1) is 6.61 Å². The summed E-state index contributed by atoms with van der Waals surface area (Å²) in [6.07, 6.45) is 1.18. The van der Waals surface area contributed by atoms with Crippen LogP contribution in [0.25, 0.3) is 0 Å². The molecule has 0 aliphatic rings. The highest BCUT2D eigenvalue weighted by Crippen LogP contribution is 2.06. The van der Waals surface area contributed by atoms with Crippen LogP contribution in [-0.4, -0.2) is 56.7 Å². The molecule has 0 fully saturated rings. The topological polar surface area (TPSA) is 15.7 Å². The smallest absolute Gasteiger partial charge is 0.0589 e. The summed E-state index contributed by atoms with van der Waals surface area (Å²) in [6, 6.07) is 11.2. The average molecular weight is 264 g/mol. The van der Waals surface area contributed by atoms with Crippen LogP contribution in [0.3, 0.4) is 0 Å². The average Bonchev–Trinajstić information content (AvgIpc) is 2.43. The second-order valence-electron chi connectivity index (χ2n) is 5.33. The molecular weight excluding hydrogens is 236 g/mol. The number of hydrogen-bond donors (Lipinski definition) is 0. The van der Waals surface area contributed by atoms with Gasteiger partial charge in [0.2, 0.25) is 0 Å². The van der Waals surface area contributed by atoms with Crippen molar-refractivity contribution in [3.05, 3.63) is 35.9 Å². The van der Waals surface area contributed by atoms with E-state index in [1.807, 2.05) is 0 Å². The van der Waals surface area contributed by atoms with Crippen LogP contribution in [-0.2, 0) is 11.3 Å². The van der Waals surface area contributed by atoms with E-state index in [1.54, 1.807) is 7.11 Å². The maximum absolute atomic E-state index is 5.12. The molecule has 0 saturated carbocycles. The van der Waals surface area contributed by atoms with E-state index in [9.17, 15) is 0 Å². The van der Waals surface area contributed by atoms with Gasteiger partial charge in [-0.2, -0.15) is 0 Å². The third-order valence-corrected chi connectivity index (χ3v) is 3.62. The van der Waals surface area contributed by atoms with E-state index in [2.05, 4.69) is 61.2 Å². The largest absolute Gasteiger partial charge is 0.383 e. The van der Waals surface area contributed by atoms with E-state index < -0.39 is 0 Å². The molecule has 0 aliphatic heterocycles. The molecule has 0 aliphatic carbocycles. The number of hydrogen-bond acceptors (Lipinski definition) is 3. The van der Waals surface area contributed by atoms with Crippen molar-refractivity contribution in [1.29, 1.82) is 0 Å². The summed E-state index contributed by atoms with van der Waals surface area (Å²) in [4.78, 5) is 4.75. The lowest BCUT2D eigenvalue weighted by molar-refractivity contribution is 0.135. The summed E-state index contributed by atoms with van der Waals surface area (Å²) < 4.78 is 5.12. The van der Waals surface area contributed by atoms with Crippen molar-refractivity contribution in [2.45, 2.75) is 25.9 Å². The maximum Gasteiger partial charge on any atom is 0.0589 e. The lowest BCUT2D eigenvalue weighted by Gasteiger charge is -2.26. The fourth-order valence-electron chi connectivity index (χ4n) is 2.06. The molecule has 0 spiro atoms. The van der Waals surface area contributed by atoms with E-state index in [0.29, 0.717) is 6.04 Å². The van der Waals surface area contributed by atoms with E-state index in [4.69, 9.17) is 4.74 Å². The summed E-state index contributed by atoms with van der Waals surface area (Å²) in [5.74, 6) is 0. The molecule has 0 bridgehead atoms. The monoisotopic (exact) mass is 264 g/mol. The molecule has 1 atom stereocenters. The Morgan fingerprint density at radius 2 is 1.79 bits per heavy atom. The molecule has 0 amide bonds. The van der Waals surface area contributed by atoms with Gasteiger partial charge >= 0.3 is 0 Å². The fourth-order valence-corrected chi connectivity index (χ4v) is 2.06. The molecule has 1 aromatic rings. The number of ether oxygens (including phenoxy) is 1. The van der Waals surface area contributed by atoms with Crippen molar-refractivity contribution in [3.63, 3.8) is 0 Å². The molecule has 1 aromatic carbocycles. The first-order valence-electron chi connectivity index (χ1n) is 7.05. The van der Waals surface area contributed by atoms with Crippen LogP contribution < -0.4 is 0 Å². The maximum atomic E-state index is 5.12. The van der Waals surface area contributed by atoms with Gasteiger partial charge in [-0.3, -0.25) is 0 Å². The second-order valence-corrected chi connectivity index (χ2v) is 5.33. The molecule has 3 heteroatoms. The summed E-state index contributed by atoms with van der Waals surface area (Å²) >= 11 is 0. The quantitative estimate of drug-likeness (QED) is 0.681. The zero-order valence-corrected chi connectivity index (χ0v) is 12.8. The zero-order valence-electron chi connectivity index (χ0n) is 12.8. The summed E-state index contributed by atoms with van der Waals surface area (Å²) in [6.45, 7) is 6.23. The lowest BCUT2D eigenvalue weighted by atomic mass is 10.2. The molecule has 19 heavy (non-hydrogen) atoms. The number of nitrogens with zero attached hydrogens (tertiary/aromatic N) is 2. The van der Waals surface area contributed by atoms with Gasteiger partial charge in [0.15, 0.2) is 0 Å². The highest BCUT2D eigenvalue weighted by atomic mass is 16.5. The van der Waals surface area contributed by atoms with Gasteiger partial charge in [0.25, 0.3) is 0 Å². The molecule has 0 aromatic heterocycles.